The monoisotopic (exact) mass is 266 g/mol. The summed E-state index contributed by atoms with van der Waals surface area (Å²) >= 11 is 0. The molecule has 19 heavy (non-hydrogen) atoms. The summed E-state index contributed by atoms with van der Waals surface area (Å²) in [7, 11) is 1.55. The lowest BCUT2D eigenvalue weighted by Gasteiger charge is -2.08. The molecule has 1 atom stereocenters. The second kappa shape index (κ2) is 6.29. The molecular weight excluding hydrogens is 251 g/mol. The number of halogens is 1. The quantitative estimate of drug-likeness (QED) is 0.811. The summed E-state index contributed by atoms with van der Waals surface area (Å²) in [6, 6.07) is 6.28. The largest absolute Gasteiger partial charge is 0.383 e. The molecule has 1 N–H and O–H groups in total. The number of carbonyl (C=O) groups excluding carboxylic acids is 1. The first-order chi connectivity index (χ1) is 9.22. The highest BCUT2D eigenvalue weighted by Crippen LogP contribution is 2.18. The molecule has 1 aromatic carbocycles. The van der Waals surface area contributed by atoms with E-state index in [1.165, 1.54) is 6.07 Å². The fourth-order valence-corrected chi connectivity index (χ4v) is 1.76. The van der Waals surface area contributed by atoms with Crippen LogP contribution in [0, 0.1) is 5.82 Å². The van der Waals surface area contributed by atoms with Crippen molar-refractivity contribution in [1.29, 1.82) is 0 Å². The van der Waals surface area contributed by atoms with Crippen LogP contribution in [0.3, 0.4) is 0 Å². The van der Waals surface area contributed by atoms with Crippen molar-refractivity contribution in [3.63, 3.8) is 0 Å². The fraction of sp³-hybridized carbons (Fsp3) is 0.385. The number of nitrogens with one attached hydrogen (secondary N) is 1. The van der Waals surface area contributed by atoms with E-state index >= 15 is 0 Å². The summed E-state index contributed by atoms with van der Waals surface area (Å²) in [5.41, 5.74) is 0.819. The highest BCUT2D eigenvalue weighted by Gasteiger charge is 2.29. The van der Waals surface area contributed by atoms with Crippen molar-refractivity contribution in [2.45, 2.75) is 12.5 Å². The molecule has 1 aliphatic heterocycles. The Morgan fingerprint density at radius 1 is 1.58 bits per heavy atom. The Morgan fingerprint density at radius 3 is 3.11 bits per heavy atom. The normalized spacial score (nSPS) is 17.8. The van der Waals surface area contributed by atoms with Gasteiger partial charge in [0.25, 0.3) is 5.91 Å². The molecule has 0 aromatic heterocycles. The minimum Gasteiger partial charge on any atom is -0.383 e. The van der Waals surface area contributed by atoms with Crippen LogP contribution >= 0.6 is 0 Å². The fourth-order valence-electron chi connectivity index (χ4n) is 1.76. The van der Waals surface area contributed by atoms with Gasteiger partial charge >= 0.3 is 0 Å². The molecule has 0 spiro atoms. The van der Waals surface area contributed by atoms with E-state index in [0.717, 1.165) is 0 Å². The van der Waals surface area contributed by atoms with E-state index < -0.39 is 6.10 Å². The van der Waals surface area contributed by atoms with Crippen molar-refractivity contribution < 1.29 is 18.8 Å². The van der Waals surface area contributed by atoms with Gasteiger partial charge in [-0.2, -0.15) is 0 Å². The van der Waals surface area contributed by atoms with Crippen LogP contribution in [-0.2, 0) is 14.4 Å². The number of ether oxygens (including phenoxy) is 1. The van der Waals surface area contributed by atoms with E-state index in [1.807, 2.05) is 0 Å². The number of hydrogen-bond acceptors (Lipinski definition) is 4. The zero-order chi connectivity index (χ0) is 13.7. The van der Waals surface area contributed by atoms with Crippen LogP contribution in [0.5, 0.6) is 0 Å². The predicted octanol–water partition coefficient (Wildman–Crippen LogP) is 1.08. The Balaban J connectivity index is 1.92. The van der Waals surface area contributed by atoms with Crippen LogP contribution in [0.2, 0.25) is 0 Å². The molecule has 1 aliphatic rings. The molecule has 5 nitrogen and oxygen atoms in total. The van der Waals surface area contributed by atoms with E-state index in [2.05, 4.69) is 10.5 Å². The Bertz CT molecular complexity index is 491. The van der Waals surface area contributed by atoms with Crippen LogP contribution in [-0.4, -0.2) is 38.0 Å². The third-order valence-electron chi connectivity index (χ3n) is 2.75. The lowest BCUT2D eigenvalue weighted by molar-refractivity contribution is -0.131. The average Bonchev–Trinajstić information content (AvgIpc) is 2.89. The van der Waals surface area contributed by atoms with Crippen LogP contribution in [0.25, 0.3) is 0 Å². The summed E-state index contributed by atoms with van der Waals surface area (Å²) in [4.78, 5) is 16.8. The van der Waals surface area contributed by atoms with Gasteiger partial charge in [0.1, 0.15) is 5.82 Å². The predicted molar refractivity (Wildman–Crippen MR) is 67.3 cm³/mol. The summed E-state index contributed by atoms with van der Waals surface area (Å²) in [6.45, 7) is 0.837. The molecule has 0 radical (unpaired) electrons. The van der Waals surface area contributed by atoms with Crippen molar-refractivity contribution >= 4 is 11.6 Å². The third kappa shape index (κ3) is 3.29. The molecule has 0 saturated carbocycles. The van der Waals surface area contributed by atoms with E-state index in [4.69, 9.17) is 9.57 Å². The average molecular weight is 266 g/mol. The van der Waals surface area contributed by atoms with Gasteiger partial charge in [0.15, 0.2) is 0 Å². The molecule has 6 heteroatoms. The highest BCUT2D eigenvalue weighted by molar-refractivity contribution is 6.04. The van der Waals surface area contributed by atoms with Crippen molar-refractivity contribution in [1.82, 2.24) is 5.32 Å². The number of carbonyl (C=O) groups is 1. The topological polar surface area (TPSA) is 59.9 Å². The SMILES string of the molecule is COCCNC(=O)[C@@H]1CC(c2ccccc2F)=NO1. The number of oxime groups is 1. The molecule has 102 valence electrons. The second-order valence-corrected chi connectivity index (χ2v) is 4.10. The number of hydrogen-bond donors (Lipinski definition) is 1. The first kappa shape index (κ1) is 13.5. The first-order valence-corrected chi connectivity index (χ1v) is 5.96. The Kier molecular flexibility index (Phi) is 4.46. The standard InChI is InChI=1S/C13H15FN2O3/c1-18-7-6-15-13(17)12-8-11(16-19-12)9-4-2-3-5-10(9)14/h2-5,12H,6-8H2,1H3,(H,15,17)/t12-/m0/s1. The maximum Gasteiger partial charge on any atom is 0.264 e. The molecular formula is C13H15FN2O3. The van der Waals surface area contributed by atoms with Crippen molar-refractivity contribution in [2.24, 2.45) is 5.16 Å². The van der Waals surface area contributed by atoms with Gasteiger partial charge in [-0.3, -0.25) is 4.79 Å². The van der Waals surface area contributed by atoms with Gasteiger partial charge in [0.05, 0.1) is 12.3 Å². The molecule has 1 heterocycles. The van der Waals surface area contributed by atoms with Crippen molar-refractivity contribution in [3.8, 4) is 0 Å². The van der Waals surface area contributed by atoms with Crippen LogP contribution in [0.15, 0.2) is 29.4 Å². The number of methoxy groups -OCH3 is 1. The maximum atomic E-state index is 13.6. The van der Waals surface area contributed by atoms with Gasteiger partial charge in [-0.1, -0.05) is 23.4 Å². The van der Waals surface area contributed by atoms with E-state index in [1.54, 1.807) is 25.3 Å². The second-order valence-electron chi connectivity index (χ2n) is 4.10. The zero-order valence-corrected chi connectivity index (χ0v) is 10.6. The third-order valence-corrected chi connectivity index (χ3v) is 2.75. The molecule has 0 unspecified atom stereocenters. The van der Waals surface area contributed by atoms with Crippen LogP contribution in [0.1, 0.15) is 12.0 Å². The molecule has 0 aliphatic carbocycles. The van der Waals surface area contributed by atoms with Gasteiger partial charge in [0.2, 0.25) is 6.10 Å². The van der Waals surface area contributed by atoms with Gasteiger partial charge in [-0.25, -0.2) is 4.39 Å². The summed E-state index contributed by atoms with van der Waals surface area (Å²) in [5, 5.41) is 6.44. The van der Waals surface area contributed by atoms with Crippen molar-refractivity contribution in [2.75, 3.05) is 20.3 Å². The number of benzene rings is 1. The van der Waals surface area contributed by atoms with Gasteiger partial charge in [-0.15, -0.1) is 0 Å². The Labute approximate surface area is 110 Å². The first-order valence-electron chi connectivity index (χ1n) is 5.96. The smallest absolute Gasteiger partial charge is 0.264 e. The molecule has 1 aromatic rings. The summed E-state index contributed by atoms with van der Waals surface area (Å²) in [6.07, 6.45) is -0.439. The van der Waals surface area contributed by atoms with Crippen LogP contribution < -0.4 is 5.32 Å². The Hall–Kier alpha value is -1.95. The Morgan fingerprint density at radius 2 is 2.37 bits per heavy atom. The minimum absolute atomic E-state index is 0.264. The lowest BCUT2D eigenvalue weighted by Crippen LogP contribution is -2.36. The van der Waals surface area contributed by atoms with Gasteiger partial charge < -0.3 is 14.9 Å². The lowest BCUT2D eigenvalue weighted by atomic mass is 10.0. The maximum absolute atomic E-state index is 13.6. The van der Waals surface area contributed by atoms with E-state index in [9.17, 15) is 9.18 Å². The van der Waals surface area contributed by atoms with Gasteiger partial charge in [0, 0.05) is 25.6 Å². The van der Waals surface area contributed by atoms with Crippen LogP contribution in [0.4, 0.5) is 4.39 Å². The summed E-state index contributed by atoms with van der Waals surface area (Å²) in [5.74, 6) is -0.641. The molecule has 0 bridgehead atoms. The molecule has 2 rings (SSSR count). The number of rotatable bonds is 5. The highest BCUT2D eigenvalue weighted by atomic mass is 19.1. The van der Waals surface area contributed by atoms with Crippen molar-refractivity contribution in [3.05, 3.63) is 35.6 Å². The number of nitrogens with zero attached hydrogens (tertiary/aromatic N) is 1. The summed E-state index contributed by atoms with van der Waals surface area (Å²) < 4.78 is 18.4. The van der Waals surface area contributed by atoms with Gasteiger partial charge in [-0.05, 0) is 6.07 Å². The molecule has 0 saturated heterocycles. The molecule has 1 amide bonds. The zero-order valence-electron chi connectivity index (χ0n) is 10.6. The number of amides is 1. The minimum atomic E-state index is -0.702. The van der Waals surface area contributed by atoms with E-state index in [-0.39, 0.29) is 18.1 Å². The molecule has 0 fully saturated rings. The van der Waals surface area contributed by atoms with E-state index in [0.29, 0.717) is 24.4 Å².